The number of likely N-dealkylation sites (N-methyl/N-ethyl adjacent to an activating group) is 1. The third-order valence-electron chi connectivity index (χ3n) is 5.14. The second-order valence-corrected chi connectivity index (χ2v) is 8.25. The van der Waals surface area contributed by atoms with E-state index >= 15 is 0 Å². The normalized spacial score (nSPS) is 24.0. The number of nitrogens with zero attached hydrogens (tertiary/aromatic N) is 2. The number of ketones is 1. The second-order valence-electron chi connectivity index (χ2n) is 8.25. The summed E-state index contributed by atoms with van der Waals surface area (Å²) < 4.78 is 36.2. The number of carbonyl (C=O) groups is 1. The average Bonchev–Trinajstić information content (AvgIpc) is 3.44. The molecule has 0 aromatic rings. The van der Waals surface area contributed by atoms with E-state index in [1.54, 1.807) is 12.3 Å². The van der Waals surface area contributed by atoms with Crippen molar-refractivity contribution in [2.45, 2.75) is 32.2 Å². The monoisotopic (exact) mass is 436 g/mol. The molecule has 170 valence electrons. The van der Waals surface area contributed by atoms with Crippen molar-refractivity contribution in [1.82, 2.24) is 15.1 Å². The Labute approximate surface area is 181 Å². The predicted octanol–water partition coefficient (Wildman–Crippen LogP) is 2.44. The molecule has 0 aromatic heterocycles. The maximum absolute atomic E-state index is 12.8. The van der Waals surface area contributed by atoms with Crippen molar-refractivity contribution in [3.05, 3.63) is 47.2 Å². The van der Waals surface area contributed by atoms with Gasteiger partial charge in [0.2, 0.25) is 0 Å². The number of rotatable bonds is 9. The van der Waals surface area contributed by atoms with Crippen LogP contribution in [0, 0.1) is 5.41 Å². The fourth-order valence-electron chi connectivity index (χ4n) is 3.59. The largest absolute Gasteiger partial charge is 0.476 e. The molecule has 0 saturated carbocycles. The summed E-state index contributed by atoms with van der Waals surface area (Å²) >= 11 is 0. The van der Waals surface area contributed by atoms with Crippen LogP contribution < -0.4 is 5.32 Å². The standard InChI is InChI=1S/C22H30F2N4O3/c1-15-8-16(12-27(3)21(15)31-7-6-30-14-22(2,23)24)10-26-11-17-9-20(29)19-13-28(19)5-4-18(17)25/h4-5,8,11,19,25-26H,6-7,9-10,12-14H2,1-3H3/b5-4-,17-11-,25-18?. The van der Waals surface area contributed by atoms with Crippen molar-refractivity contribution in [1.29, 1.82) is 5.41 Å². The number of ether oxygens (including phenoxy) is 2. The molecule has 3 heterocycles. The van der Waals surface area contributed by atoms with Crippen LogP contribution in [0.1, 0.15) is 20.3 Å². The molecule has 31 heavy (non-hydrogen) atoms. The molecule has 9 heteroatoms. The molecular formula is C22H30F2N4O3. The van der Waals surface area contributed by atoms with E-state index in [1.165, 1.54) is 0 Å². The maximum Gasteiger partial charge on any atom is 0.268 e. The number of Topliss-reactive ketones (excluding diaryl/α,β-unsaturated/α-hetero) is 1. The SMILES string of the molecule is CC1=C(OCCOCC(C)(F)F)N(C)CC(CN/C=C2/CC(=O)C3CN3/C=C\C2=N)=C1. The van der Waals surface area contributed by atoms with E-state index in [2.05, 4.69) is 5.32 Å². The van der Waals surface area contributed by atoms with Crippen LogP contribution in [0.15, 0.2) is 47.2 Å². The molecule has 3 rings (SSSR count). The Kier molecular flexibility index (Phi) is 7.15. The molecule has 0 aromatic carbocycles. The van der Waals surface area contributed by atoms with Gasteiger partial charge in [-0.3, -0.25) is 4.79 Å². The predicted molar refractivity (Wildman–Crippen MR) is 114 cm³/mol. The topological polar surface area (TPSA) is 77.7 Å². The van der Waals surface area contributed by atoms with Crippen molar-refractivity contribution in [3.63, 3.8) is 0 Å². The van der Waals surface area contributed by atoms with Crippen LogP contribution in [0.25, 0.3) is 0 Å². The van der Waals surface area contributed by atoms with E-state index in [0.717, 1.165) is 24.6 Å². The minimum Gasteiger partial charge on any atom is -0.476 e. The molecule has 3 aliphatic rings. The van der Waals surface area contributed by atoms with Crippen molar-refractivity contribution >= 4 is 11.5 Å². The van der Waals surface area contributed by atoms with Crippen molar-refractivity contribution < 1.29 is 23.0 Å². The molecule has 1 fully saturated rings. The molecule has 0 amide bonds. The van der Waals surface area contributed by atoms with E-state index in [-0.39, 0.29) is 31.5 Å². The van der Waals surface area contributed by atoms with Crippen LogP contribution in [0.4, 0.5) is 8.78 Å². The van der Waals surface area contributed by atoms with Crippen LogP contribution in [-0.2, 0) is 14.3 Å². The van der Waals surface area contributed by atoms with E-state index in [1.807, 2.05) is 36.0 Å². The van der Waals surface area contributed by atoms with Crippen LogP contribution in [0.2, 0.25) is 0 Å². The van der Waals surface area contributed by atoms with Gasteiger partial charge < -0.3 is 30.0 Å². The number of hydrogen-bond donors (Lipinski definition) is 2. The summed E-state index contributed by atoms with van der Waals surface area (Å²) in [5, 5.41) is 11.4. The highest BCUT2D eigenvalue weighted by Crippen LogP contribution is 2.25. The second kappa shape index (κ2) is 9.64. The number of halogens is 2. The lowest BCUT2D eigenvalue weighted by molar-refractivity contribution is -0.118. The van der Waals surface area contributed by atoms with Crippen molar-refractivity contribution in [2.75, 3.05) is 46.5 Å². The molecular weight excluding hydrogens is 406 g/mol. The van der Waals surface area contributed by atoms with Gasteiger partial charge in [0.25, 0.3) is 5.92 Å². The van der Waals surface area contributed by atoms with Gasteiger partial charge in [-0.05, 0) is 18.6 Å². The van der Waals surface area contributed by atoms with Crippen molar-refractivity contribution in [2.24, 2.45) is 0 Å². The highest BCUT2D eigenvalue weighted by Gasteiger charge is 2.38. The zero-order chi connectivity index (χ0) is 22.6. The third kappa shape index (κ3) is 6.65. The van der Waals surface area contributed by atoms with Crippen molar-refractivity contribution in [3.8, 4) is 0 Å². The first-order chi connectivity index (χ1) is 14.6. The minimum atomic E-state index is -2.84. The number of hydrogen-bond acceptors (Lipinski definition) is 7. The average molecular weight is 437 g/mol. The summed E-state index contributed by atoms with van der Waals surface area (Å²) in [5.41, 5.74) is 3.09. The Hall–Kier alpha value is -2.68. The molecule has 0 aliphatic carbocycles. The third-order valence-corrected chi connectivity index (χ3v) is 5.14. The zero-order valence-corrected chi connectivity index (χ0v) is 18.2. The Morgan fingerprint density at radius 3 is 2.87 bits per heavy atom. The Morgan fingerprint density at radius 1 is 1.39 bits per heavy atom. The molecule has 0 radical (unpaired) electrons. The lowest BCUT2D eigenvalue weighted by Gasteiger charge is -2.29. The van der Waals surface area contributed by atoms with Gasteiger partial charge in [0, 0.05) is 63.6 Å². The first-order valence-corrected chi connectivity index (χ1v) is 10.3. The Bertz CT molecular complexity index is 842. The van der Waals surface area contributed by atoms with Gasteiger partial charge in [0.15, 0.2) is 11.7 Å². The number of carbonyl (C=O) groups excluding carboxylic acids is 1. The molecule has 1 saturated heterocycles. The van der Waals surface area contributed by atoms with Gasteiger partial charge in [-0.2, -0.15) is 0 Å². The zero-order valence-electron chi connectivity index (χ0n) is 18.2. The van der Waals surface area contributed by atoms with E-state index in [0.29, 0.717) is 30.3 Å². The fourth-order valence-corrected chi connectivity index (χ4v) is 3.59. The number of allylic oxidation sites excluding steroid dienone is 4. The van der Waals surface area contributed by atoms with Gasteiger partial charge in [-0.15, -0.1) is 0 Å². The van der Waals surface area contributed by atoms with Gasteiger partial charge in [0.05, 0.1) is 12.3 Å². The summed E-state index contributed by atoms with van der Waals surface area (Å²) in [7, 11) is 1.90. The smallest absolute Gasteiger partial charge is 0.268 e. The van der Waals surface area contributed by atoms with Crippen LogP contribution in [0.3, 0.4) is 0 Å². The number of alkyl halides is 2. The van der Waals surface area contributed by atoms with E-state index in [4.69, 9.17) is 14.9 Å². The number of nitrogens with one attached hydrogen (secondary N) is 2. The Balaban J connectivity index is 1.50. The summed E-state index contributed by atoms with van der Waals surface area (Å²) in [4.78, 5) is 16.1. The molecule has 1 atom stereocenters. The van der Waals surface area contributed by atoms with Crippen LogP contribution in [-0.4, -0.2) is 79.8 Å². The van der Waals surface area contributed by atoms with Gasteiger partial charge in [0.1, 0.15) is 19.3 Å². The molecule has 2 N–H and O–H groups in total. The first kappa shape index (κ1) is 23.0. The van der Waals surface area contributed by atoms with E-state index in [9.17, 15) is 13.6 Å². The first-order valence-electron chi connectivity index (χ1n) is 10.3. The van der Waals surface area contributed by atoms with Gasteiger partial charge >= 0.3 is 0 Å². The Morgan fingerprint density at radius 2 is 2.16 bits per heavy atom. The fraction of sp³-hybridized carbons (Fsp3) is 0.545. The highest BCUT2D eigenvalue weighted by molar-refractivity contribution is 6.10. The summed E-state index contributed by atoms with van der Waals surface area (Å²) in [6.45, 7) is 4.39. The molecule has 0 bridgehead atoms. The summed E-state index contributed by atoms with van der Waals surface area (Å²) in [6, 6.07) is -0.0301. The quantitative estimate of drug-likeness (QED) is 0.427. The van der Waals surface area contributed by atoms with E-state index < -0.39 is 12.5 Å². The van der Waals surface area contributed by atoms with Crippen LogP contribution in [0.5, 0.6) is 0 Å². The molecule has 1 unspecified atom stereocenters. The highest BCUT2D eigenvalue weighted by atomic mass is 19.3. The lowest BCUT2D eigenvalue weighted by atomic mass is 10.0. The lowest BCUT2D eigenvalue weighted by Crippen LogP contribution is -2.30. The summed E-state index contributed by atoms with van der Waals surface area (Å²) in [6.07, 6.45) is 7.59. The summed E-state index contributed by atoms with van der Waals surface area (Å²) in [5.74, 6) is -2.00. The molecule has 7 nitrogen and oxygen atoms in total. The number of fused-ring (bicyclic) bond motifs is 1. The molecule has 0 spiro atoms. The minimum absolute atomic E-state index is 0.0301. The molecule has 3 aliphatic heterocycles. The maximum atomic E-state index is 12.8. The van der Waals surface area contributed by atoms with Gasteiger partial charge in [-0.25, -0.2) is 8.78 Å². The van der Waals surface area contributed by atoms with Gasteiger partial charge in [-0.1, -0.05) is 6.08 Å². The van der Waals surface area contributed by atoms with Crippen LogP contribution >= 0.6 is 0 Å².